The lowest BCUT2D eigenvalue weighted by Gasteiger charge is -2.26. The average molecular weight is 517 g/mol. The second-order valence-electron chi connectivity index (χ2n) is 7.84. The number of carbonyl (C=O) groups excluding carboxylic acids is 1. The van der Waals surface area contributed by atoms with E-state index in [1.807, 2.05) is 31.2 Å². The van der Waals surface area contributed by atoms with Crippen LogP contribution in [0, 0.1) is 6.92 Å². The number of hydrogen-bond acceptors (Lipinski definition) is 5. The topological polar surface area (TPSA) is 84.9 Å². The summed E-state index contributed by atoms with van der Waals surface area (Å²) in [5, 5.41) is 3.03. The maximum absolute atomic E-state index is 13.5. The van der Waals surface area contributed by atoms with Crippen LogP contribution in [0.15, 0.2) is 71.6 Å². The van der Waals surface area contributed by atoms with Gasteiger partial charge in [0.25, 0.3) is 10.0 Å². The summed E-state index contributed by atoms with van der Waals surface area (Å²) in [6.07, 6.45) is 0.940. The van der Waals surface area contributed by atoms with Crippen LogP contribution in [0.2, 0.25) is 5.02 Å². The fraction of sp³-hybridized carbons (Fsp3) is 0.269. The lowest BCUT2D eigenvalue weighted by atomic mass is 10.2. The van der Waals surface area contributed by atoms with Gasteiger partial charge in [-0.2, -0.15) is 0 Å². The number of anilines is 1. The van der Waals surface area contributed by atoms with Crippen molar-refractivity contribution in [2.45, 2.75) is 25.2 Å². The van der Waals surface area contributed by atoms with Crippen LogP contribution < -0.4 is 19.1 Å². The van der Waals surface area contributed by atoms with E-state index in [2.05, 4.69) is 12.2 Å². The molecule has 186 valence electrons. The maximum atomic E-state index is 13.5. The minimum absolute atomic E-state index is 0.0526. The number of sulfonamides is 1. The summed E-state index contributed by atoms with van der Waals surface area (Å²) in [5.41, 5.74) is 2.29. The molecule has 0 aromatic heterocycles. The zero-order valence-electron chi connectivity index (χ0n) is 20.0. The van der Waals surface area contributed by atoms with Crippen LogP contribution in [-0.4, -0.2) is 41.1 Å². The molecule has 0 aliphatic carbocycles. The molecule has 3 aromatic carbocycles. The summed E-state index contributed by atoms with van der Waals surface area (Å²) < 4.78 is 39.1. The summed E-state index contributed by atoms with van der Waals surface area (Å²) >= 11 is 6.16. The third-order valence-electron chi connectivity index (χ3n) is 5.33. The molecule has 1 amide bonds. The van der Waals surface area contributed by atoms with Crippen molar-refractivity contribution in [3.8, 4) is 11.5 Å². The molecule has 0 fully saturated rings. The van der Waals surface area contributed by atoms with Gasteiger partial charge in [0.15, 0.2) is 0 Å². The Kier molecular flexibility index (Phi) is 9.01. The van der Waals surface area contributed by atoms with Gasteiger partial charge in [-0.05, 0) is 61.4 Å². The molecule has 3 rings (SSSR count). The number of amides is 1. The van der Waals surface area contributed by atoms with E-state index in [1.165, 1.54) is 30.9 Å². The van der Waals surface area contributed by atoms with Crippen molar-refractivity contribution in [3.05, 3.63) is 82.9 Å². The first kappa shape index (κ1) is 26.4. The molecule has 0 heterocycles. The van der Waals surface area contributed by atoms with Gasteiger partial charge < -0.3 is 14.8 Å². The Bertz CT molecular complexity index is 1250. The molecular weight excluding hydrogens is 488 g/mol. The number of methoxy groups -OCH3 is 1. The zero-order chi connectivity index (χ0) is 25.4. The Hall–Kier alpha value is -3.23. The predicted octanol–water partition coefficient (Wildman–Crippen LogP) is 4.61. The van der Waals surface area contributed by atoms with E-state index in [9.17, 15) is 13.2 Å². The van der Waals surface area contributed by atoms with Gasteiger partial charge in [-0.15, -0.1) is 0 Å². The standard InChI is InChI=1S/C26H29ClN2O5S/c1-4-20-7-10-22(11-8-20)34-16-15-28-26(30)18-29(24-17-21(27)9-14-25(24)33-3)35(31,32)23-12-5-19(2)6-13-23/h5-14,17H,4,15-16,18H2,1-3H3,(H,28,30). The lowest BCUT2D eigenvalue weighted by molar-refractivity contribution is -0.119. The smallest absolute Gasteiger partial charge is 0.264 e. The number of carbonyl (C=O) groups is 1. The van der Waals surface area contributed by atoms with Gasteiger partial charge >= 0.3 is 0 Å². The molecule has 0 saturated heterocycles. The Morgan fingerprint density at radius 1 is 1.03 bits per heavy atom. The van der Waals surface area contributed by atoms with Crippen molar-refractivity contribution in [1.82, 2.24) is 5.32 Å². The van der Waals surface area contributed by atoms with Crippen molar-refractivity contribution < 1.29 is 22.7 Å². The average Bonchev–Trinajstić information content (AvgIpc) is 2.85. The van der Waals surface area contributed by atoms with E-state index in [0.717, 1.165) is 16.3 Å². The van der Waals surface area contributed by atoms with Gasteiger partial charge in [-0.3, -0.25) is 9.10 Å². The Labute approximate surface area is 211 Å². The predicted molar refractivity (Wildman–Crippen MR) is 138 cm³/mol. The lowest BCUT2D eigenvalue weighted by Crippen LogP contribution is -2.42. The number of rotatable bonds is 11. The normalized spacial score (nSPS) is 11.1. The monoisotopic (exact) mass is 516 g/mol. The fourth-order valence-electron chi connectivity index (χ4n) is 3.36. The first-order chi connectivity index (χ1) is 16.7. The Morgan fingerprint density at radius 2 is 1.71 bits per heavy atom. The molecule has 0 aliphatic rings. The first-order valence-corrected chi connectivity index (χ1v) is 13.0. The van der Waals surface area contributed by atoms with E-state index in [4.69, 9.17) is 21.1 Å². The Balaban J connectivity index is 1.76. The van der Waals surface area contributed by atoms with Crippen molar-refractivity contribution in [2.24, 2.45) is 0 Å². The van der Waals surface area contributed by atoms with Crippen LogP contribution in [0.1, 0.15) is 18.1 Å². The van der Waals surface area contributed by atoms with Crippen molar-refractivity contribution in [1.29, 1.82) is 0 Å². The van der Waals surface area contributed by atoms with Crippen LogP contribution in [0.4, 0.5) is 5.69 Å². The maximum Gasteiger partial charge on any atom is 0.264 e. The summed E-state index contributed by atoms with van der Waals surface area (Å²) in [5.74, 6) is 0.480. The van der Waals surface area contributed by atoms with Gasteiger partial charge in [0.2, 0.25) is 5.91 Å². The molecule has 0 aliphatic heterocycles. The number of nitrogens with one attached hydrogen (secondary N) is 1. The van der Waals surface area contributed by atoms with Crippen molar-refractivity contribution in [2.75, 3.05) is 31.1 Å². The van der Waals surface area contributed by atoms with E-state index < -0.39 is 22.5 Å². The number of benzene rings is 3. The van der Waals surface area contributed by atoms with E-state index in [0.29, 0.717) is 10.8 Å². The highest BCUT2D eigenvalue weighted by molar-refractivity contribution is 7.92. The molecule has 0 unspecified atom stereocenters. The first-order valence-electron chi connectivity index (χ1n) is 11.2. The molecular formula is C26H29ClN2O5S. The molecule has 0 bridgehead atoms. The van der Waals surface area contributed by atoms with Crippen LogP contribution in [-0.2, 0) is 21.2 Å². The van der Waals surface area contributed by atoms with Gasteiger partial charge in [0.1, 0.15) is 24.7 Å². The SMILES string of the molecule is CCc1ccc(OCCNC(=O)CN(c2cc(Cl)ccc2OC)S(=O)(=O)c2ccc(C)cc2)cc1. The molecule has 3 aromatic rings. The number of halogens is 1. The highest BCUT2D eigenvalue weighted by Gasteiger charge is 2.29. The second kappa shape index (κ2) is 12.0. The quantitative estimate of drug-likeness (QED) is 0.376. The van der Waals surface area contributed by atoms with Crippen LogP contribution in [0.5, 0.6) is 11.5 Å². The van der Waals surface area contributed by atoms with Crippen molar-refractivity contribution >= 4 is 33.2 Å². The van der Waals surface area contributed by atoms with Gasteiger partial charge in [-0.25, -0.2) is 8.42 Å². The molecule has 0 saturated carbocycles. The van der Waals surface area contributed by atoms with Gasteiger partial charge in [0, 0.05) is 5.02 Å². The highest BCUT2D eigenvalue weighted by Crippen LogP contribution is 2.34. The number of nitrogens with zero attached hydrogens (tertiary/aromatic N) is 1. The van der Waals surface area contributed by atoms with Gasteiger partial charge in [0.05, 0.1) is 24.2 Å². The summed E-state index contributed by atoms with van der Waals surface area (Å²) in [7, 11) is -2.67. The van der Waals surface area contributed by atoms with Crippen LogP contribution in [0.25, 0.3) is 0 Å². The van der Waals surface area contributed by atoms with Crippen LogP contribution in [0.3, 0.4) is 0 Å². The van der Waals surface area contributed by atoms with Gasteiger partial charge in [-0.1, -0.05) is 48.4 Å². The summed E-state index contributed by atoms with van der Waals surface area (Å²) in [6.45, 7) is 3.93. The molecule has 9 heteroatoms. The number of ether oxygens (including phenoxy) is 2. The molecule has 0 spiro atoms. The van der Waals surface area contributed by atoms with E-state index >= 15 is 0 Å². The number of hydrogen-bond donors (Lipinski definition) is 1. The van der Waals surface area contributed by atoms with E-state index in [1.54, 1.807) is 24.3 Å². The largest absolute Gasteiger partial charge is 0.495 e. The summed E-state index contributed by atoms with van der Waals surface area (Å²) in [4.78, 5) is 12.8. The third kappa shape index (κ3) is 6.90. The Morgan fingerprint density at radius 3 is 2.34 bits per heavy atom. The molecule has 0 radical (unpaired) electrons. The minimum Gasteiger partial charge on any atom is -0.495 e. The molecule has 35 heavy (non-hydrogen) atoms. The minimum atomic E-state index is -4.09. The van der Waals surface area contributed by atoms with Crippen LogP contribution >= 0.6 is 11.6 Å². The molecule has 0 atom stereocenters. The number of aryl methyl sites for hydroxylation is 2. The fourth-order valence-corrected chi connectivity index (χ4v) is 4.95. The molecule has 7 nitrogen and oxygen atoms in total. The zero-order valence-corrected chi connectivity index (χ0v) is 21.5. The second-order valence-corrected chi connectivity index (χ2v) is 10.1. The third-order valence-corrected chi connectivity index (χ3v) is 7.34. The highest BCUT2D eigenvalue weighted by atomic mass is 35.5. The van der Waals surface area contributed by atoms with E-state index in [-0.39, 0.29) is 29.5 Å². The summed E-state index contributed by atoms with van der Waals surface area (Å²) in [6, 6.07) is 18.7. The molecule has 1 N–H and O–H groups in total. The van der Waals surface area contributed by atoms with Crippen molar-refractivity contribution in [3.63, 3.8) is 0 Å².